The highest BCUT2D eigenvalue weighted by Gasteiger charge is 2.24. The van der Waals surface area contributed by atoms with Crippen LogP contribution in [0.1, 0.15) is 40.0 Å². The maximum absolute atomic E-state index is 11.2. The Morgan fingerprint density at radius 1 is 1.44 bits per heavy atom. The van der Waals surface area contributed by atoms with Gasteiger partial charge in [0.2, 0.25) is 0 Å². The lowest BCUT2D eigenvalue weighted by Gasteiger charge is -2.32. The predicted molar refractivity (Wildman–Crippen MR) is 80.4 cm³/mol. The van der Waals surface area contributed by atoms with Crippen LogP contribution in [0.2, 0.25) is 0 Å². The summed E-state index contributed by atoms with van der Waals surface area (Å²) in [6, 6.07) is 1.17. The van der Waals surface area contributed by atoms with Gasteiger partial charge in [-0.1, -0.05) is 20.3 Å². The molecule has 0 aromatic rings. The molecule has 1 fully saturated rings. The Morgan fingerprint density at radius 3 is 2.78 bits per heavy atom. The maximum Gasteiger partial charge on any atom is 0.0246 e. The summed E-state index contributed by atoms with van der Waals surface area (Å²) in [7, 11) is -0.656. The fourth-order valence-electron chi connectivity index (χ4n) is 2.56. The number of hydrogen-bond acceptors (Lipinski definition) is 3. The van der Waals surface area contributed by atoms with Crippen LogP contribution in [0.4, 0.5) is 0 Å². The second-order valence-corrected chi connectivity index (χ2v) is 7.26. The lowest BCUT2D eigenvalue weighted by molar-refractivity contribution is 0.184. The number of nitrogens with one attached hydrogen (secondary N) is 1. The van der Waals surface area contributed by atoms with E-state index in [1.165, 1.54) is 19.4 Å². The van der Waals surface area contributed by atoms with Gasteiger partial charge >= 0.3 is 0 Å². The fourth-order valence-corrected chi connectivity index (χ4v) is 3.24. The highest BCUT2D eigenvalue weighted by molar-refractivity contribution is 7.84. The summed E-state index contributed by atoms with van der Waals surface area (Å²) >= 11 is 0. The van der Waals surface area contributed by atoms with Gasteiger partial charge in [0, 0.05) is 41.4 Å². The molecule has 1 rings (SSSR count). The summed E-state index contributed by atoms with van der Waals surface area (Å²) in [5.41, 5.74) is 0. The van der Waals surface area contributed by atoms with Crippen LogP contribution in [0.15, 0.2) is 0 Å². The molecule has 108 valence electrons. The molecule has 4 unspecified atom stereocenters. The zero-order chi connectivity index (χ0) is 13.5. The summed E-state index contributed by atoms with van der Waals surface area (Å²) in [5.74, 6) is 1.57. The molecule has 0 aromatic carbocycles. The summed E-state index contributed by atoms with van der Waals surface area (Å²) in [6.07, 6.45) is 5.32. The first-order chi connectivity index (χ1) is 8.54. The lowest BCUT2D eigenvalue weighted by atomic mass is 9.98. The van der Waals surface area contributed by atoms with Gasteiger partial charge in [0.25, 0.3) is 0 Å². The minimum absolute atomic E-state index is 0.556. The van der Waals surface area contributed by atoms with Crippen LogP contribution in [0.5, 0.6) is 0 Å². The normalized spacial score (nSPS) is 27.4. The van der Waals surface area contributed by atoms with E-state index in [1.54, 1.807) is 6.26 Å². The minimum Gasteiger partial charge on any atom is -0.312 e. The zero-order valence-electron chi connectivity index (χ0n) is 12.4. The van der Waals surface area contributed by atoms with Crippen molar-refractivity contribution in [3.05, 3.63) is 0 Å². The molecular weight excluding hydrogens is 244 g/mol. The molecule has 3 nitrogen and oxygen atoms in total. The first-order valence-corrected chi connectivity index (χ1v) is 9.04. The molecule has 0 aromatic heterocycles. The second-order valence-electron chi connectivity index (χ2n) is 5.71. The third kappa shape index (κ3) is 5.37. The van der Waals surface area contributed by atoms with Crippen molar-refractivity contribution in [1.29, 1.82) is 0 Å². The van der Waals surface area contributed by atoms with Crippen LogP contribution in [0.3, 0.4) is 0 Å². The van der Waals surface area contributed by atoms with Gasteiger partial charge in [0.05, 0.1) is 0 Å². The Labute approximate surface area is 115 Å². The number of hydrogen-bond donors (Lipinski definition) is 1. The van der Waals surface area contributed by atoms with Crippen molar-refractivity contribution in [2.45, 2.75) is 52.1 Å². The van der Waals surface area contributed by atoms with Gasteiger partial charge in [0.1, 0.15) is 0 Å². The van der Waals surface area contributed by atoms with Crippen LogP contribution in [0, 0.1) is 5.92 Å². The summed E-state index contributed by atoms with van der Waals surface area (Å²) in [6.45, 7) is 10.4. The van der Waals surface area contributed by atoms with Gasteiger partial charge in [-0.2, -0.15) is 0 Å². The highest BCUT2D eigenvalue weighted by Crippen LogP contribution is 2.15. The van der Waals surface area contributed by atoms with Crippen LogP contribution in [-0.4, -0.2) is 52.8 Å². The zero-order valence-corrected chi connectivity index (χ0v) is 13.3. The van der Waals surface area contributed by atoms with E-state index in [4.69, 9.17) is 0 Å². The van der Waals surface area contributed by atoms with Crippen molar-refractivity contribution in [2.24, 2.45) is 5.92 Å². The van der Waals surface area contributed by atoms with E-state index in [2.05, 4.69) is 31.0 Å². The molecule has 1 saturated heterocycles. The van der Waals surface area contributed by atoms with E-state index in [0.29, 0.717) is 12.1 Å². The average molecular weight is 274 g/mol. The summed E-state index contributed by atoms with van der Waals surface area (Å²) in [5, 5.41) is 3.68. The molecule has 4 heteroatoms. The second kappa shape index (κ2) is 8.28. The maximum atomic E-state index is 11.2. The van der Waals surface area contributed by atoms with Crippen molar-refractivity contribution < 1.29 is 4.21 Å². The third-order valence-corrected chi connectivity index (χ3v) is 5.05. The van der Waals surface area contributed by atoms with Crippen LogP contribution < -0.4 is 5.32 Å². The molecule has 0 spiro atoms. The number of rotatable bonds is 6. The molecule has 4 atom stereocenters. The van der Waals surface area contributed by atoms with Crippen molar-refractivity contribution in [3.8, 4) is 0 Å². The summed E-state index contributed by atoms with van der Waals surface area (Å²) in [4.78, 5) is 2.59. The monoisotopic (exact) mass is 274 g/mol. The minimum atomic E-state index is -0.656. The molecule has 0 radical (unpaired) electrons. The molecule has 1 N–H and O–H groups in total. The van der Waals surface area contributed by atoms with Gasteiger partial charge in [-0.3, -0.25) is 9.11 Å². The molecule has 1 heterocycles. The van der Waals surface area contributed by atoms with E-state index in [0.717, 1.165) is 31.2 Å². The Bertz CT molecular complexity index is 260. The van der Waals surface area contributed by atoms with E-state index < -0.39 is 10.8 Å². The Hall–Kier alpha value is 0.0700. The SMILES string of the molecule is CCC(C)C1CN(C(C)CCS(C)=O)CCCN1. The van der Waals surface area contributed by atoms with E-state index in [9.17, 15) is 4.21 Å². The predicted octanol–water partition coefficient (Wildman–Crippen LogP) is 1.85. The quantitative estimate of drug-likeness (QED) is 0.802. The largest absolute Gasteiger partial charge is 0.312 e. The molecular formula is C14H30N2OS. The number of nitrogens with zero attached hydrogens (tertiary/aromatic N) is 1. The molecule has 0 bridgehead atoms. The molecule has 18 heavy (non-hydrogen) atoms. The van der Waals surface area contributed by atoms with Crippen LogP contribution >= 0.6 is 0 Å². The average Bonchev–Trinajstić information content (AvgIpc) is 2.60. The fraction of sp³-hybridized carbons (Fsp3) is 1.00. The molecule has 0 amide bonds. The topological polar surface area (TPSA) is 32.3 Å². The van der Waals surface area contributed by atoms with Crippen LogP contribution in [-0.2, 0) is 10.8 Å². The smallest absolute Gasteiger partial charge is 0.0246 e. The van der Waals surface area contributed by atoms with Gasteiger partial charge in [-0.25, -0.2) is 0 Å². The van der Waals surface area contributed by atoms with E-state index >= 15 is 0 Å². The third-order valence-electron chi connectivity index (χ3n) is 4.24. The Kier molecular flexibility index (Phi) is 7.42. The van der Waals surface area contributed by atoms with Crippen molar-refractivity contribution in [1.82, 2.24) is 10.2 Å². The van der Waals surface area contributed by atoms with Crippen molar-refractivity contribution in [3.63, 3.8) is 0 Å². The standard InChI is InChI=1S/C14H30N2OS/c1-5-12(2)14-11-16(9-6-8-15-14)13(3)7-10-18(4)17/h12-15H,5-11H2,1-4H3. The summed E-state index contributed by atoms with van der Waals surface area (Å²) < 4.78 is 11.2. The molecule has 1 aliphatic heterocycles. The van der Waals surface area contributed by atoms with E-state index in [-0.39, 0.29) is 0 Å². The highest BCUT2D eigenvalue weighted by atomic mass is 32.2. The van der Waals surface area contributed by atoms with Gasteiger partial charge in [-0.05, 0) is 38.8 Å². The van der Waals surface area contributed by atoms with E-state index in [1.807, 2.05) is 0 Å². The Balaban J connectivity index is 2.49. The Morgan fingerprint density at radius 2 is 2.17 bits per heavy atom. The first-order valence-electron chi connectivity index (χ1n) is 7.32. The van der Waals surface area contributed by atoms with Gasteiger partial charge in [-0.15, -0.1) is 0 Å². The van der Waals surface area contributed by atoms with Gasteiger partial charge < -0.3 is 5.32 Å². The van der Waals surface area contributed by atoms with Gasteiger partial charge in [0.15, 0.2) is 0 Å². The molecule has 0 aliphatic carbocycles. The molecule has 1 aliphatic rings. The van der Waals surface area contributed by atoms with Crippen LogP contribution in [0.25, 0.3) is 0 Å². The molecule has 0 saturated carbocycles. The van der Waals surface area contributed by atoms with Crippen molar-refractivity contribution >= 4 is 10.8 Å². The lowest BCUT2D eigenvalue weighted by Crippen LogP contribution is -2.45. The first kappa shape index (κ1) is 16.1. The van der Waals surface area contributed by atoms with Crippen molar-refractivity contribution in [2.75, 3.05) is 31.6 Å².